The minimum atomic E-state index is 0.800. The molecule has 0 bridgehead atoms. The summed E-state index contributed by atoms with van der Waals surface area (Å²) in [6.07, 6.45) is 3.56. The van der Waals surface area contributed by atoms with E-state index in [0.29, 0.717) is 0 Å². The Morgan fingerprint density at radius 3 is 2.75 bits per heavy atom. The Balaban J connectivity index is 2.06. The quantitative estimate of drug-likeness (QED) is 0.591. The molecule has 0 aliphatic carbocycles. The van der Waals surface area contributed by atoms with Crippen molar-refractivity contribution in [1.82, 2.24) is 10.2 Å². The van der Waals surface area contributed by atoms with E-state index in [2.05, 4.69) is 17.1 Å². The predicted molar refractivity (Wildman–Crippen MR) is 71.7 cm³/mol. The first kappa shape index (κ1) is 13.7. The van der Waals surface area contributed by atoms with E-state index in [1.165, 1.54) is 12.8 Å². The molecule has 1 N–H and O–H groups in total. The molecule has 16 heavy (non-hydrogen) atoms. The molecule has 1 aliphatic rings. The minimum absolute atomic E-state index is 0.800. The van der Waals surface area contributed by atoms with Gasteiger partial charge in [0.2, 0.25) is 0 Å². The van der Waals surface area contributed by atoms with Crippen LogP contribution in [0, 0.1) is 5.92 Å². The van der Waals surface area contributed by atoms with Gasteiger partial charge in [0.25, 0.3) is 0 Å². The van der Waals surface area contributed by atoms with Gasteiger partial charge in [-0.1, -0.05) is 6.92 Å². The molecule has 0 amide bonds. The highest BCUT2D eigenvalue weighted by atomic mass is 32.1. The number of hydrogen-bond acceptors (Lipinski definition) is 2. The van der Waals surface area contributed by atoms with Crippen LogP contribution in [0.5, 0.6) is 0 Å². The molecule has 0 radical (unpaired) electrons. The summed E-state index contributed by atoms with van der Waals surface area (Å²) in [5, 5.41) is 4.22. The maximum atomic E-state index is 5.36. The molecule has 0 unspecified atom stereocenters. The summed E-state index contributed by atoms with van der Waals surface area (Å²) < 4.78 is 5.28. The average Bonchev–Trinajstić information content (AvgIpc) is 2.29. The number of ether oxygens (including phenoxy) is 1. The summed E-state index contributed by atoms with van der Waals surface area (Å²) >= 11 is 5.36. The van der Waals surface area contributed by atoms with Crippen molar-refractivity contribution in [1.29, 1.82) is 0 Å². The zero-order valence-corrected chi connectivity index (χ0v) is 11.3. The fraction of sp³-hybridized carbons (Fsp3) is 0.917. The summed E-state index contributed by atoms with van der Waals surface area (Å²) in [6.45, 7) is 9.10. The normalized spacial score (nSPS) is 17.5. The van der Waals surface area contributed by atoms with E-state index in [9.17, 15) is 0 Å². The molecule has 1 rings (SSSR count). The zero-order valence-electron chi connectivity index (χ0n) is 10.5. The van der Waals surface area contributed by atoms with Crippen LogP contribution >= 0.6 is 12.2 Å². The van der Waals surface area contributed by atoms with Gasteiger partial charge in [-0.2, -0.15) is 0 Å². The van der Waals surface area contributed by atoms with Gasteiger partial charge in [-0.3, -0.25) is 0 Å². The molecule has 0 atom stereocenters. The number of rotatable bonds is 5. The van der Waals surface area contributed by atoms with Gasteiger partial charge in [-0.15, -0.1) is 0 Å². The molecule has 94 valence electrons. The lowest BCUT2D eigenvalue weighted by Gasteiger charge is -2.32. The van der Waals surface area contributed by atoms with E-state index >= 15 is 0 Å². The first-order valence-electron chi connectivity index (χ1n) is 6.34. The van der Waals surface area contributed by atoms with Crippen LogP contribution in [-0.2, 0) is 4.74 Å². The molecular formula is C12H24N2OS. The Bertz CT molecular complexity index is 203. The fourth-order valence-electron chi connectivity index (χ4n) is 1.84. The van der Waals surface area contributed by atoms with Gasteiger partial charge < -0.3 is 15.0 Å². The van der Waals surface area contributed by atoms with Crippen molar-refractivity contribution in [3.05, 3.63) is 0 Å². The van der Waals surface area contributed by atoms with Gasteiger partial charge in [0, 0.05) is 32.8 Å². The van der Waals surface area contributed by atoms with Gasteiger partial charge in [-0.05, 0) is 44.3 Å². The van der Waals surface area contributed by atoms with E-state index in [1.807, 2.05) is 6.92 Å². The van der Waals surface area contributed by atoms with E-state index < -0.39 is 0 Å². The minimum Gasteiger partial charge on any atom is -0.382 e. The van der Waals surface area contributed by atoms with Gasteiger partial charge in [0.15, 0.2) is 5.11 Å². The summed E-state index contributed by atoms with van der Waals surface area (Å²) in [6, 6.07) is 0. The lowest BCUT2D eigenvalue weighted by Crippen LogP contribution is -2.44. The van der Waals surface area contributed by atoms with Gasteiger partial charge in [0.1, 0.15) is 0 Å². The van der Waals surface area contributed by atoms with Crippen molar-refractivity contribution in [2.24, 2.45) is 5.92 Å². The molecule has 0 aromatic carbocycles. The molecule has 4 heteroatoms. The molecule has 3 nitrogen and oxygen atoms in total. The Hall–Kier alpha value is -0.350. The van der Waals surface area contributed by atoms with Crippen LogP contribution in [0.1, 0.15) is 33.1 Å². The largest absolute Gasteiger partial charge is 0.382 e. The number of nitrogens with one attached hydrogen (secondary N) is 1. The smallest absolute Gasteiger partial charge is 0.168 e. The van der Waals surface area contributed by atoms with Crippen molar-refractivity contribution in [2.75, 3.05) is 32.8 Å². The topological polar surface area (TPSA) is 24.5 Å². The zero-order chi connectivity index (χ0) is 11.8. The maximum absolute atomic E-state index is 5.36. The number of likely N-dealkylation sites (tertiary alicyclic amines) is 1. The van der Waals surface area contributed by atoms with Crippen LogP contribution in [0.2, 0.25) is 0 Å². The molecule has 0 saturated carbocycles. The number of hydrogen-bond donors (Lipinski definition) is 1. The molecule has 1 aliphatic heterocycles. The standard InChI is InChI=1S/C12H24N2OS/c1-3-15-10-4-7-13-12(16)14-8-5-11(2)6-9-14/h11H,3-10H2,1-2H3,(H,13,16). The number of nitrogens with zero attached hydrogens (tertiary/aromatic N) is 1. The highest BCUT2D eigenvalue weighted by Crippen LogP contribution is 2.15. The highest BCUT2D eigenvalue weighted by Gasteiger charge is 2.17. The first-order chi connectivity index (χ1) is 7.74. The van der Waals surface area contributed by atoms with Crippen LogP contribution in [0.3, 0.4) is 0 Å². The van der Waals surface area contributed by atoms with Crippen molar-refractivity contribution in [3.63, 3.8) is 0 Å². The summed E-state index contributed by atoms with van der Waals surface area (Å²) in [7, 11) is 0. The third-order valence-electron chi connectivity index (χ3n) is 3.02. The molecular weight excluding hydrogens is 220 g/mol. The monoisotopic (exact) mass is 244 g/mol. The Morgan fingerprint density at radius 1 is 1.44 bits per heavy atom. The lowest BCUT2D eigenvalue weighted by molar-refractivity contribution is 0.145. The van der Waals surface area contributed by atoms with E-state index in [4.69, 9.17) is 17.0 Å². The molecule has 0 aromatic rings. The summed E-state index contributed by atoms with van der Waals surface area (Å²) in [4.78, 5) is 2.29. The van der Waals surface area contributed by atoms with Crippen LogP contribution in [-0.4, -0.2) is 42.9 Å². The second-order valence-electron chi connectivity index (χ2n) is 4.45. The SMILES string of the molecule is CCOCCCNC(=S)N1CCC(C)CC1. The van der Waals surface area contributed by atoms with Crippen LogP contribution in [0.15, 0.2) is 0 Å². The van der Waals surface area contributed by atoms with Crippen LogP contribution < -0.4 is 5.32 Å². The Morgan fingerprint density at radius 2 is 2.12 bits per heavy atom. The Labute approximate surface area is 105 Å². The molecule has 1 heterocycles. The Kier molecular flexibility index (Phi) is 6.73. The predicted octanol–water partition coefficient (Wildman–Crippen LogP) is 2.02. The molecule has 0 spiro atoms. The average molecular weight is 244 g/mol. The molecule has 1 saturated heterocycles. The van der Waals surface area contributed by atoms with E-state index in [1.54, 1.807) is 0 Å². The third-order valence-corrected chi connectivity index (χ3v) is 3.42. The number of thiocarbonyl (C=S) groups is 1. The van der Waals surface area contributed by atoms with E-state index in [0.717, 1.165) is 50.3 Å². The fourth-order valence-corrected chi connectivity index (χ4v) is 2.12. The molecule has 0 aromatic heterocycles. The van der Waals surface area contributed by atoms with E-state index in [-0.39, 0.29) is 0 Å². The van der Waals surface area contributed by atoms with Gasteiger partial charge >= 0.3 is 0 Å². The second kappa shape index (κ2) is 7.85. The van der Waals surface area contributed by atoms with Gasteiger partial charge in [0.05, 0.1) is 0 Å². The maximum Gasteiger partial charge on any atom is 0.168 e. The van der Waals surface area contributed by atoms with Crippen LogP contribution in [0.4, 0.5) is 0 Å². The van der Waals surface area contributed by atoms with Crippen molar-refractivity contribution >= 4 is 17.3 Å². The second-order valence-corrected chi connectivity index (χ2v) is 4.84. The van der Waals surface area contributed by atoms with Crippen LogP contribution in [0.25, 0.3) is 0 Å². The lowest BCUT2D eigenvalue weighted by atomic mass is 10.00. The highest BCUT2D eigenvalue weighted by molar-refractivity contribution is 7.80. The summed E-state index contributed by atoms with van der Waals surface area (Å²) in [5.41, 5.74) is 0. The first-order valence-corrected chi connectivity index (χ1v) is 6.75. The molecule has 1 fully saturated rings. The summed E-state index contributed by atoms with van der Waals surface area (Å²) in [5.74, 6) is 0.858. The van der Waals surface area contributed by atoms with Gasteiger partial charge in [-0.25, -0.2) is 0 Å². The van der Waals surface area contributed by atoms with Crippen molar-refractivity contribution in [3.8, 4) is 0 Å². The van der Waals surface area contributed by atoms with Crippen molar-refractivity contribution in [2.45, 2.75) is 33.1 Å². The third kappa shape index (κ3) is 5.12. The van der Waals surface area contributed by atoms with Crippen molar-refractivity contribution < 1.29 is 4.74 Å². The number of piperidine rings is 1.